The highest BCUT2D eigenvalue weighted by molar-refractivity contribution is 7.09. The van der Waals surface area contributed by atoms with E-state index in [1.54, 1.807) is 12.1 Å². The molecule has 84 valence electrons. The molecule has 1 aromatic heterocycles. The van der Waals surface area contributed by atoms with Crippen molar-refractivity contribution in [2.75, 3.05) is 0 Å². The van der Waals surface area contributed by atoms with Crippen molar-refractivity contribution in [1.82, 2.24) is 4.98 Å². The quantitative estimate of drug-likeness (QED) is 0.763. The molecule has 0 saturated heterocycles. The van der Waals surface area contributed by atoms with Crippen molar-refractivity contribution in [2.45, 2.75) is 12.3 Å². The van der Waals surface area contributed by atoms with Crippen LogP contribution in [0.5, 0.6) is 0 Å². The Morgan fingerprint density at radius 1 is 1.38 bits per heavy atom. The van der Waals surface area contributed by atoms with E-state index >= 15 is 0 Å². The van der Waals surface area contributed by atoms with Crippen LogP contribution in [-0.2, 0) is 12.3 Å². The smallest absolute Gasteiger partial charge is 0.128 e. The lowest BCUT2D eigenvalue weighted by Crippen LogP contribution is -1.93. The van der Waals surface area contributed by atoms with Gasteiger partial charge in [-0.2, -0.15) is 0 Å². The predicted octanol–water partition coefficient (Wildman–Crippen LogP) is 4.27. The molecule has 0 aliphatic heterocycles. The molecule has 1 nitrogen and oxygen atoms in total. The largest absolute Gasteiger partial charge is 0.245 e. The third kappa shape index (κ3) is 2.73. The maximum absolute atomic E-state index is 13.5. The standard InChI is InChI=1S/C11H8Cl2FNS/c12-5-11-15-9(6-16-11)3-7-1-2-8(13)4-10(7)14/h1-2,4,6H,3,5H2. The van der Waals surface area contributed by atoms with Gasteiger partial charge in [-0.25, -0.2) is 9.37 Å². The van der Waals surface area contributed by atoms with E-state index in [4.69, 9.17) is 23.2 Å². The fourth-order valence-electron chi connectivity index (χ4n) is 1.35. The van der Waals surface area contributed by atoms with Crippen molar-refractivity contribution in [3.05, 3.63) is 50.7 Å². The van der Waals surface area contributed by atoms with Crippen molar-refractivity contribution >= 4 is 34.5 Å². The summed E-state index contributed by atoms with van der Waals surface area (Å²) in [6.45, 7) is 0. The highest BCUT2D eigenvalue weighted by Gasteiger charge is 2.07. The summed E-state index contributed by atoms with van der Waals surface area (Å²) in [6, 6.07) is 4.66. The molecule has 0 N–H and O–H groups in total. The van der Waals surface area contributed by atoms with Crippen LogP contribution in [-0.4, -0.2) is 4.98 Å². The molecule has 16 heavy (non-hydrogen) atoms. The minimum absolute atomic E-state index is 0.298. The normalized spacial score (nSPS) is 10.7. The first-order valence-electron chi connectivity index (χ1n) is 4.62. The van der Waals surface area contributed by atoms with Gasteiger partial charge in [0.2, 0.25) is 0 Å². The second kappa shape index (κ2) is 5.13. The molecular weight excluding hydrogens is 268 g/mol. The fourth-order valence-corrected chi connectivity index (χ4v) is 2.40. The Labute approximate surface area is 107 Å². The molecule has 0 fully saturated rings. The summed E-state index contributed by atoms with van der Waals surface area (Å²) in [5, 5.41) is 3.15. The van der Waals surface area contributed by atoms with Gasteiger partial charge in [0.15, 0.2) is 0 Å². The zero-order valence-electron chi connectivity index (χ0n) is 8.21. The summed E-state index contributed by atoms with van der Waals surface area (Å²) >= 11 is 12.8. The summed E-state index contributed by atoms with van der Waals surface area (Å²) in [5.74, 6) is 0.0984. The minimum Gasteiger partial charge on any atom is -0.245 e. The van der Waals surface area contributed by atoms with Crippen LogP contribution in [0.15, 0.2) is 23.6 Å². The summed E-state index contributed by atoms with van der Waals surface area (Å²) in [7, 11) is 0. The average molecular weight is 276 g/mol. The highest BCUT2D eigenvalue weighted by atomic mass is 35.5. The van der Waals surface area contributed by atoms with Gasteiger partial charge in [-0.05, 0) is 17.7 Å². The molecule has 0 atom stereocenters. The van der Waals surface area contributed by atoms with Gasteiger partial charge in [0.1, 0.15) is 10.8 Å². The minimum atomic E-state index is -0.298. The molecule has 5 heteroatoms. The zero-order chi connectivity index (χ0) is 11.5. The van der Waals surface area contributed by atoms with Crippen molar-refractivity contribution < 1.29 is 4.39 Å². The van der Waals surface area contributed by atoms with Crippen molar-refractivity contribution in [1.29, 1.82) is 0 Å². The molecule has 0 saturated carbocycles. The summed E-state index contributed by atoms with van der Waals surface area (Å²) in [5.41, 5.74) is 1.43. The summed E-state index contributed by atoms with van der Waals surface area (Å²) in [4.78, 5) is 4.27. The lowest BCUT2D eigenvalue weighted by atomic mass is 10.1. The van der Waals surface area contributed by atoms with E-state index in [-0.39, 0.29) is 5.82 Å². The molecule has 0 radical (unpaired) electrons. The Kier molecular flexibility index (Phi) is 3.79. The second-order valence-electron chi connectivity index (χ2n) is 3.28. The molecular formula is C11H8Cl2FNS. The molecule has 0 aliphatic carbocycles. The number of hydrogen-bond acceptors (Lipinski definition) is 2. The Morgan fingerprint density at radius 3 is 2.81 bits per heavy atom. The number of thiazole rings is 1. The van der Waals surface area contributed by atoms with E-state index in [0.29, 0.717) is 22.9 Å². The Bertz CT molecular complexity index is 498. The summed E-state index contributed by atoms with van der Waals surface area (Å²) in [6.07, 6.45) is 0.469. The van der Waals surface area contributed by atoms with Gasteiger partial charge in [-0.3, -0.25) is 0 Å². The molecule has 2 aromatic rings. The van der Waals surface area contributed by atoms with Crippen molar-refractivity contribution in [3.63, 3.8) is 0 Å². The third-order valence-corrected chi connectivity index (χ3v) is 3.64. The first kappa shape index (κ1) is 11.8. The maximum atomic E-state index is 13.5. The molecule has 0 bridgehead atoms. The first-order chi connectivity index (χ1) is 7.69. The van der Waals surface area contributed by atoms with Gasteiger partial charge in [-0.1, -0.05) is 17.7 Å². The predicted molar refractivity (Wildman–Crippen MR) is 65.9 cm³/mol. The number of rotatable bonds is 3. The van der Waals surface area contributed by atoms with Crippen LogP contribution in [0.25, 0.3) is 0 Å². The van der Waals surface area contributed by atoms with Crippen LogP contribution in [0, 0.1) is 5.82 Å². The van der Waals surface area contributed by atoms with Gasteiger partial charge >= 0.3 is 0 Å². The van der Waals surface area contributed by atoms with Crippen LogP contribution in [0.4, 0.5) is 4.39 Å². The van der Waals surface area contributed by atoms with Crippen molar-refractivity contribution in [2.24, 2.45) is 0 Å². The lowest BCUT2D eigenvalue weighted by molar-refractivity contribution is 0.613. The number of hydrogen-bond donors (Lipinski definition) is 0. The molecule has 2 rings (SSSR count). The third-order valence-electron chi connectivity index (χ3n) is 2.10. The molecule has 1 heterocycles. The Balaban J connectivity index is 2.20. The van der Waals surface area contributed by atoms with E-state index in [9.17, 15) is 4.39 Å². The number of halogens is 3. The fraction of sp³-hybridized carbons (Fsp3) is 0.182. The van der Waals surface area contributed by atoms with Crippen LogP contribution in [0.2, 0.25) is 5.02 Å². The molecule has 0 aliphatic rings. The van der Waals surface area contributed by atoms with E-state index in [0.717, 1.165) is 10.7 Å². The Hall–Kier alpha value is -0.640. The van der Waals surface area contributed by atoms with Crippen LogP contribution in [0.3, 0.4) is 0 Å². The molecule has 0 amide bonds. The number of nitrogens with zero attached hydrogens (tertiary/aromatic N) is 1. The van der Waals surface area contributed by atoms with Gasteiger partial charge in [0.25, 0.3) is 0 Å². The summed E-state index contributed by atoms with van der Waals surface area (Å²) < 4.78 is 13.5. The van der Waals surface area contributed by atoms with E-state index in [1.165, 1.54) is 17.4 Å². The Morgan fingerprint density at radius 2 is 2.19 bits per heavy atom. The zero-order valence-corrected chi connectivity index (χ0v) is 10.5. The van der Waals surface area contributed by atoms with Gasteiger partial charge in [0.05, 0.1) is 11.6 Å². The molecule has 1 aromatic carbocycles. The van der Waals surface area contributed by atoms with Gasteiger partial charge < -0.3 is 0 Å². The van der Waals surface area contributed by atoms with Crippen molar-refractivity contribution in [3.8, 4) is 0 Å². The van der Waals surface area contributed by atoms with Gasteiger partial charge in [0, 0.05) is 16.8 Å². The SMILES string of the molecule is Fc1cc(Cl)ccc1Cc1csc(CCl)n1. The number of aromatic nitrogens is 1. The highest BCUT2D eigenvalue weighted by Crippen LogP contribution is 2.19. The maximum Gasteiger partial charge on any atom is 0.128 e. The topological polar surface area (TPSA) is 12.9 Å². The number of alkyl halides is 1. The average Bonchev–Trinajstić information content (AvgIpc) is 2.70. The number of benzene rings is 1. The van der Waals surface area contributed by atoms with Crippen LogP contribution < -0.4 is 0 Å². The monoisotopic (exact) mass is 275 g/mol. The second-order valence-corrected chi connectivity index (χ2v) is 4.93. The van der Waals surface area contributed by atoms with E-state index in [2.05, 4.69) is 4.98 Å². The molecule has 0 spiro atoms. The first-order valence-corrected chi connectivity index (χ1v) is 6.41. The van der Waals surface area contributed by atoms with E-state index < -0.39 is 0 Å². The van der Waals surface area contributed by atoms with Gasteiger partial charge in [-0.15, -0.1) is 22.9 Å². The van der Waals surface area contributed by atoms with Crippen LogP contribution in [0.1, 0.15) is 16.3 Å². The van der Waals surface area contributed by atoms with Crippen LogP contribution >= 0.6 is 34.5 Å². The van der Waals surface area contributed by atoms with E-state index in [1.807, 2.05) is 5.38 Å². The molecule has 0 unspecified atom stereocenters. The lowest BCUT2D eigenvalue weighted by Gasteiger charge is -2.00.